The Kier molecular flexibility index (Phi) is 6.08. The minimum absolute atomic E-state index is 0.0144. The number of hydrogen-bond donors (Lipinski definition) is 0. The number of hydrogen-bond acceptors (Lipinski definition) is 3. The first-order valence-corrected chi connectivity index (χ1v) is 11.2. The third-order valence-corrected chi connectivity index (χ3v) is 7.08. The minimum Gasteiger partial charge on any atom is -0.342 e. The number of amides is 1. The third-order valence-electron chi connectivity index (χ3n) is 5.24. The first-order chi connectivity index (χ1) is 13.3. The standard InChI is InChI=1S/C22H28N2O3S/c1-17-4-8-20(9-5-17)24(15-13-22(25)23-14-12-19(3)16-23)28(26,27)21-10-6-18(2)7-11-21/h4-11,19H,12-16H2,1-3H3. The Morgan fingerprint density at radius 3 is 2.14 bits per heavy atom. The van der Waals surface area contributed by atoms with E-state index in [1.807, 2.05) is 30.9 Å². The van der Waals surface area contributed by atoms with Crippen molar-refractivity contribution < 1.29 is 13.2 Å². The van der Waals surface area contributed by atoms with Gasteiger partial charge < -0.3 is 4.90 Å². The molecule has 1 aliphatic rings. The number of carbonyl (C=O) groups excluding carboxylic acids is 1. The van der Waals surface area contributed by atoms with Crippen molar-refractivity contribution in [2.45, 2.75) is 38.5 Å². The second kappa shape index (κ2) is 8.35. The van der Waals surface area contributed by atoms with Crippen molar-refractivity contribution in [3.63, 3.8) is 0 Å². The fourth-order valence-corrected chi connectivity index (χ4v) is 4.92. The van der Waals surface area contributed by atoms with Gasteiger partial charge in [-0.3, -0.25) is 9.10 Å². The lowest BCUT2D eigenvalue weighted by molar-refractivity contribution is -0.130. The Hall–Kier alpha value is -2.34. The molecular weight excluding hydrogens is 372 g/mol. The van der Waals surface area contributed by atoms with Crippen molar-refractivity contribution in [2.75, 3.05) is 23.9 Å². The van der Waals surface area contributed by atoms with Crippen LogP contribution in [0, 0.1) is 19.8 Å². The summed E-state index contributed by atoms with van der Waals surface area (Å²) in [6.07, 6.45) is 1.18. The fourth-order valence-electron chi connectivity index (χ4n) is 3.45. The van der Waals surface area contributed by atoms with Crippen LogP contribution in [0.2, 0.25) is 0 Å². The van der Waals surface area contributed by atoms with Crippen LogP contribution >= 0.6 is 0 Å². The highest BCUT2D eigenvalue weighted by atomic mass is 32.2. The quantitative estimate of drug-likeness (QED) is 0.742. The second-order valence-electron chi connectivity index (χ2n) is 7.71. The van der Waals surface area contributed by atoms with Crippen molar-refractivity contribution >= 4 is 21.6 Å². The smallest absolute Gasteiger partial charge is 0.264 e. The van der Waals surface area contributed by atoms with Crippen LogP contribution in [0.25, 0.3) is 0 Å². The van der Waals surface area contributed by atoms with Crippen molar-refractivity contribution in [3.8, 4) is 0 Å². The number of rotatable bonds is 6. The van der Waals surface area contributed by atoms with E-state index in [-0.39, 0.29) is 23.8 Å². The number of sulfonamides is 1. The first-order valence-electron chi connectivity index (χ1n) is 9.71. The van der Waals surface area contributed by atoms with Crippen LogP contribution in [0.3, 0.4) is 0 Å². The molecule has 150 valence electrons. The van der Waals surface area contributed by atoms with Crippen molar-refractivity contribution in [1.29, 1.82) is 0 Å². The molecule has 0 bridgehead atoms. The fraction of sp³-hybridized carbons (Fsp3) is 0.409. The van der Waals surface area contributed by atoms with Crippen molar-refractivity contribution in [1.82, 2.24) is 4.90 Å². The minimum atomic E-state index is -3.75. The summed E-state index contributed by atoms with van der Waals surface area (Å²) in [6, 6.07) is 14.2. The van der Waals surface area contributed by atoms with Crippen LogP contribution in [-0.4, -0.2) is 38.9 Å². The molecule has 1 fully saturated rings. The zero-order valence-corrected chi connectivity index (χ0v) is 17.6. The zero-order chi connectivity index (χ0) is 20.3. The molecule has 0 saturated carbocycles. The summed E-state index contributed by atoms with van der Waals surface area (Å²) in [5.41, 5.74) is 2.63. The highest BCUT2D eigenvalue weighted by molar-refractivity contribution is 7.92. The third kappa shape index (κ3) is 4.55. The second-order valence-corrected chi connectivity index (χ2v) is 9.57. The molecule has 28 heavy (non-hydrogen) atoms. The van der Waals surface area contributed by atoms with Gasteiger partial charge in [0, 0.05) is 26.1 Å². The Labute approximate surface area is 168 Å². The Morgan fingerprint density at radius 2 is 1.61 bits per heavy atom. The molecule has 1 saturated heterocycles. The molecular formula is C22H28N2O3S. The normalized spacial score (nSPS) is 17.0. The summed E-state index contributed by atoms with van der Waals surface area (Å²) in [6.45, 7) is 7.66. The van der Waals surface area contributed by atoms with E-state index in [0.717, 1.165) is 30.6 Å². The summed E-state index contributed by atoms with van der Waals surface area (Å²) < 4.78 is 28.0. The van der Waals surface area contributed by atoms with Crippen LogP contribution in [0.4, 0.5) is 5.69 Å². The van der Waals surface area contributed by atoms with E-state index < -0.39 is 10.0 Å². The molecule has 2 aromatic rings. The molecule has 1 amide bonds. The van der Waals surface area contributed by atoms with Crippen LogP contribution in [0.15, 0.2) is 53.4 Å². The summed E-state index contributed by atoms with van der Waals surface area (Å²) >= 11 is 0. The van der Waals surface area contributed by atoms with Gasteiger partial charge in [-0.25, -0.2) is 8.42 Å². The van der Waals surface area contributed by atoms with Crippen LogP contribution in [0.1, 0.15) is 30.9 Å². The van der Waals surface area contributed by atoms with E-state index in [9.17, 15) is 13.2 Å². The monoisotopic (exact) mass is 400 g/mol. The first kappa shape index (κ1) is 20.4. The molecule has 0 aliphatic carbocycles. The molecule has 1 heterocycles. The number of benzene rings is 2. The van der Waals surface area contributed by atoms with E-state index in [1.165, 1.54) is 4.31 Å². The molecule has 3 rings (SSSR count). The molecule has 6 heteroatoms. The summed E-state index contributed by atoms with van der Waals surface area (Å²) in [4.78, 5) is 14.7. The van der Waals surface area contributed by atoms with Gasteiger partial charge in [-0.2, -0.15) is 0 Å². The van der Waals surface area contributed by atoms with Crippen molar-refractivity contribution in [2.24, 2.45) is 5.92 Å². The molecule has 2 aromatic carbocycles. The Balaban J connectivity index is 1.86. The van der Waals surface area contributed by atoms with E-state index >= 15 is 0 Å². The average Bonchev–Trinajstić information content (AvgIpc) is 3.10. The number of aryl methyl sites for hydroxylation is 2. The molecule has 5 nitrogen and oxygen atoms in total. The maximum atomic E-state index is 13.3. The Bertz CT molecular complexity index is 921. The van der Waals surface area contributed by atoms with Gasteiger partial charge in [-0.1, -0.05) is 42.3 Å². The topological polar surface area (TPSA) is 57.7 Å². The highest BCUT2D eigenvalue weighted by Gasteiger charge is 2.28. The number of likely N-dealkylation sites (tertiary alicyclic amines) is 1. The lowest BCUT2D eigenvalue weighted by atomic mass is 10.2. The maximum absolute atomic E-state index is 13.3. The van der Waals surface area contributed by atoms with E-state index in [4.69, 9.17) is 0 Å². The molecule has 0 N–H and O–H groups in total. The van der Waals surface area contributed by atoms with Gasteiger partial charge in [0.2, 0.25) is 5.91 Å². The van der Waals surface area contributed by atoms with E-state index in [1.54, 1.807) is 36.4 Å². The predicted molar refractivity (Wildman–Crippen MR) is 112 cm³/mol. The van der Waals surface area contributed by atoms with Gasteiger partial charge in [0.05, 0.1) is 10.6 Å². The predicted octanol–water partition coefficient (Wildman–Crippen LogP) is 3.76. The van der Waals surface area contributed by atoms with Gasteiger partial charge in [0.15, 0.2) is 0 Å². The maximum Gasteiger partial charge on any atom is 0.264 e. The van der Waals surface area contributed by atoms with Crippen LogP contribution in [0.5, 0.6) is 0 Å². The molecule has 0 aromatic heterocycles. The average molecular weight is 401 g/mol. The van der Waals surface area contributed by atoms with Crippen LogP contribution in [-0.2, 0) is 14.8 Å². The van der Waals surface area contributed by atoms with Crippen molar-refractivity contribution in [3.05, 3.63) is 59.7 Å². The molecule has 1 atom stereocenters. The summed E-state index contributed by atoms with van der Waals surface area (Å²) in [7, 11) is -3.75. The molecule has 1 aliphatic heterocycles. The summed E-state index contributed by atoms with van der Waals surface area (Å²) in [5, 5.41) is 0. The van der Waals surface area contributed by atoms with Gasteiger partial charge in [0.1, 0.15) is 0 Å². The lowest BCUT2D eigenvalue weighted by Gasteiger charge is -2.26. The van der Waals surface area contributed by atoms with Gasteiger partial charge in [0.25, 0.3) is 10.0 Å². The lowest BCUT2D eigenvalue weighted by Crippen LogP contribution is -2.36. The highest BCUT2D eigenvalue weighted by Crippen LogP contribution is 2.25. The van der Waals surface area contributed by atoms with Gasteiger partial charge in [-0.05, 0) is 50.5 Å². The molecule has 0 spiro atoms. The number of nitrogens with zero attached hydrogens (tertiary/aromatic N) is 2. The van der Waals surface area contributed by atoms with E-state index in [0.29, 0.717) is 11.6 Å². The SMILES string of the molecule is Cc1ccc(N(CCC(=O)N2CCC(C)C2)S(=O)(=O)c2ccc(C)cc2)cc1. The van der Waals surface area contributed by atoms with Gasteiger partial charge in [-0.15, -0.1) is 0 Å². The summed E-state index contributed by atoms with van der Waals surface area (Å²) in [5.74, 6) is 0.522. The Morgan fingerprint density at radius 1 is 1.04 bits per heavy atom. The number of carbonyl (C=O) groups is 1. The molecule has 0 radical (unpaired) electrons. The largest absolute Gasteiger partial charge is 0.342 e. The zero-order valence-electron chi connectivity index (χ0n) is 16.8. The van der Waals surface area contributed by atoms with Gasteiger partial charge >= 0.3 is 0 Å². The van der Waals surface area contributed by atoms with Crippen LogP contribution < -0.4 is 4.31 Å². The molecule has 1 unspecified atom stereocenters. The van der Waals surface area contributed by atoms with E-state index in [2.05, 4.69) is 6.92 Å². The number of anilines is 1.